The number of aromatic nitrogens is 1. The third-order valence-corrected chi connectivity index (χ3v) is 25.3. The second-order valence-corrected chi connectivity index (χ2v) is 36.0. The number of nitrogens with zero attached hydrogens (tertiary/aromatic N) is 4. The normalized spacial score (nSPS) is 18.0. The number of aliphatic hydroxyl groups excluding tert-OH is 1. The number of carbonyl (C=O) groups excluding carboxylic acids is 2. The molecule has 3 unspecified atom stereocenters. The molecule has 1 fully saturated rings. The van der Waals surface area contributed by atoms with E-state index in [2.05, 4.69) is 75.5 Å². The highest BCUT2D eigenvalue weighted by Gasteiger charge is 2.45. The Bertz CT molecular complexity index is 4060. The van der Waals surface area contributed by atoms with E-state index < -0.39 is 86.5 Å². The van der Waals surface area contributed by atoms with E-state index in [-0.39, 0.29) is 38.8 Å². The average Bonchev–Trinajstić information content (AvgIpc) is 1.60. The number of hydrogen-bond acceptors (Lipinski definition) is 23. The van der Waals surface area contributed by atoms with Crippen LogP contribution in [-0.4, -0.2) is 188 Å². The maximum atomic E-state index is 12.7. The first-order valence-electron chi connectivity index (χ1n) is 34.4. The zero-order chi connectivity index (χ0) is 77.9. The lowest BCUT2D eigenvalue weighted by molar-refractivity contribution is -0.438. The van der Waals surface area contributed by atoms with Crippen LogP contribution in [-0.2, 0) is 93.1 Å². The highest BCUT2D eigenvalue weighted by Crippen LogP contribution is 2.58. The minimum atomic E-state index is -5.26. The molecule has 3 aliphatic heterocycles. The molecule has 0 bridgehead atoms. The minimum absolute atomic E-state index is 0.00605. The predicted octanol–water partition coefficient (Wildman–Crippen LogP) is 8.42. The van der Waals surface area contributed by atoms with E-state index in [1.807, 2.05) is 65.0 Å². The van der Waals surface area contributed by atoms with E-state index in [4.69, 9.17) is 43.8 Å². The number of benzene rings is 2. The van der Waals surface area contributed by atoms with Gasteiger partial charge in [0.1, 0.15) is 24.5 Å². The van der Waals surface area contributed by atoms with Crippen LogP contribution < -0.4 is 37.4 Å². The largest absolute Gasteiger partial charge is 0.479 e. The first-order valence-corrected chi connectivity index (χ1v) is 43.8. The second kappa shape index (κ2) is 42.2. The molecule has 40 heteroatoms. The summed E-state index contributed by atoms with van der Waals surface area (Å²) in [6.07, 6.45) is 16.1. The summed E-state index contributed by atoms with van der Waals surface area (Å²) >= 11 is 0. The fourth-order valence-electron chi connectivity index (χ4n) is 11.6. The summed E-state index contributed by atoms with van der Waals surface area (Å²) in [7, 11) is -18.4. The smallest absolute Gasteiger partial charge is 0.391 e. The van der Waals surface area contributed by atoms with Gasteiger partial charge in [0.15, 0.2) is 11.7 Å². The number of anilines is 1. The number of unbranched alkanes of at least 4 members (excludes halogenated alkanes) is 4. The molecule has 3 aliphatic rings. The van der Waals surface area contributed by atoms with E-state index >= 15 is 0 Å². The van der Waals surface area contributed by atoms with Crippen LogP contribution in [0.5, 0.6) is 0 Å². The number of amides is 3. The van der Waals surface area contributed by atoms with Crippen LogP contribution in [0.2, 0.25) is 0 Å². The van der Waals surface area contributed by atoms with Crippen LogP contribution in [0.15, 0.2) is 93.5 Å². The van der Waals surface area contributed by atoms with Crippen LogP contribution >= 0.6 is 45.5 Å². The van der Waals surface area contributed by atoms with E-state index in [0.717, 1.165) is 72.4 Å². The molecule has 13 N–H and O–H groups in total. The Hall–Kier alpha value is -5.33. The van der Waals surface area contributed by atoms with Gasteiger partial charge in [-0.15, -0.1) is 0 Å². The van der Waals surface area contributed by atoms with Gasteiger partial charge in [0.25, 0.3) is 20.2 Å². The SMILES string of the molecule is CCN1\C(=C/C=C/C=C/C2=[N+](CCCCCC(=O)NCCOCCOCCNOCCC(C)(C)SSCOCCCCCNC(=O)NCC#Cc3cn(C4CC[C@@H](COP(=O)(O)O[PH](=O)OP(=O)(O)O)O4)c(/N=C(/N)NC)c3CO)c3ccc(S(=O)(=O)O)cc3C2(C)C)C(C)(C)c2cc(S(=O)(=O)O)ccc21. The number of urea groups is 1. The van der Waals surface area contributed by atoms with Crippen LogP contribution in [0.3, 0.4) is 0 Å². The molecule has 106 heavy (non-hydrogen) atoms. The molecule has 0 spiro atoms. The summed E-state index contributed by atoms with van der Waals surface area (Å²) in [4.78, 5) is 64.3. The van der Waals surface area contributed by atoms with Gasteiger partial charge in [0, 0.05) is 104 Å². The van der Waals surface area contributed by atoms with E-state index in [1.54, 1.807) is 51.5 Å². The number of aliphatic hydroxyl groups is 1. The third kappa shape index (κ3) is 28.5. The summed E-state index contributed by atoms with van der Waals surface area (Å²) in [5.41, 5.74) is 13.5. The molecule has 1 saturated heterocycles. The number of rotatable bonds is 46. The molecular weight excluding hydrogens is 1520 g/mol. The number of allylic oxidation sites excluding steroid dienone is 6. The molecule has 33 nitrogen and oxygen atoms in total. The average molecular weight is 1620 g/mol. The zero-order valence-electron chi connectivity index (χ0n) is 60.8. The molecule has 0 saturated carbocycles. The Morgan fingerprint density at radius 1 is 0.849 bits per heavy atom. The maximum absolute atomic E-state index is 12.7. The topological polar surface area (TPSA) is 459 Å². The highest BCUT2D eigenvalue weighted by molar-refractivity contribution is 8.77. The molecule has 0 aliphatic carbocycles. The van der Waals surface area contributed by atoms with Gasteiger partial charge < -0.3 is 80.0 Å². The lowest BCUT2D eigenvalue weighted by Gasteiger charge is -2.25. The van der Waals surface area contributed by atoms with Gasteiger partial charge in [0.05, 0.1) is 79.7 Å². The zero-order valence-corrected chi connectivity index (χ0v) is 66.8. The fourth-order valence-corrected chi connectivity index (χ4v) is 17.5. The van der Waals surface area contributed by atoms with Gasteiger partial charge in [-0.1, -0.05) is 65.5 Å². The van der Waals surface area contributed by atoms with Gasteiger partial charge in [-0.25, -0.2) is 28.0 Å². The first-order chi connectivity index (χ1) is 50.0. The summed E-state index contributed by atoms with van der Waals surface area (Å²) in [6, 6.07) is 8.87. The van der Waals surface area contributed by atoms with Crippen LogP contribution in [0.25, 0.3) is 0 Å². The summed E-state index contributed by atoms with van der Waals surface area (Å²) in [5, 5.41) is 21.4. The van der Waals surface area contributed by atoms with E-state index in [9.17, 15) is 59.2 Å². The lowest BCUT2D eigenvalue weighted by Crippen LogP contribution is -2.36. The Morgan fingerprint density at radius 3 is 2.24 bits per heavy atom. The van der Waals surface area contributed by atoms with Crippen molar-refractivity contribution in [1.29, 1.82) is 0 Å². The molecule has 1 aromatic heterocycles. The molecule has 3 aromatic rings. The Labute approximate surface area is 628 Å². The van der Waals surface area contributed by atoms with Crippen molar-refractivity contribution in [3.63, 3.8) is 0 Å². The quantitative estimate of drug-likeness (QED) is 0.00216. The van der Waals surface area contributed by atoms with Crippen molar-refractivity contribution in [3.05, 3.63) is 101 Å². The van der Waals surface area contributed by atoms with Crippen molar-refractivity contribution in [2.75, 3.05) is 103 Å². The number of ether oxygens (including phenoxy) is 4. The number of nitrogens with two attached hydrogens (primary N) is 1. The highest BCUT2D eigenvalue weighted by atomic mass is 33.1. The van der Waals surface area contributed by atoms with Gasteiger partial charge >= 0.3 is 29.9 Å². The van der Waals surface area contributed by atoms with E-state index in [1.165, 1.54) is 24.3 Å². The van der Waals surface area contributed by atoms with Crippen molar-refractivity contribution >= 4 is 107 Å². The number of nitrogens with one attached hydrogen (secondary N) is 5. The molecule has 4 atom stereocenters. The molecule has 4 heterocycles. The summed E-state index contributed by atoms with van der Waals surface area (Å²) < 4.78 is 142. The second-order valence-electron chi connectivity index (χ2n) is 26.1. The number of phosphoric acid groups is 2. The minimum Gasteiger partial charge on any atom is -0.391 e. The maximum Gasteiger partial charge on any atom is 0.479 e. The van der Waals surface area contributed by atoms with Gasteiger partial charge in [-0.05, 0) is 128 Å². The number of hydrogen-bond donors (Lipinski definition) is 12. The predicted molar refractivity (Wildman–Crippen MR) is 404 cm³/mol. The van der Waals surface area contributed by atoms with Crippen molar-refractivity contribution < 1.29 is 111 Å². The number of likely N-dealkylation sites (N-methyl/N-ethyl adjacent to an activating group) is 1. The number of hydroxylamine groups is 1. The number of aliphatic imine (C=N–C) groups is 1. The number of phosphoric ester groups is 1. The van der Waals surface area contributed by atoms with Crippen molar-refractivity contribution in [1.82, 2.24) is 31.3 Å². The molecule has 3 amide bonds. The Morgan fingerprint density at radius 2 is 1.55 bits per heavy atom. The standard InChI is InChI=1S/C66H101N10O23P3S4/c1-9-74-55-27-25-50(105(86,87)88)42-53(55)65(4,5)57(74)21-13-10-14-22-58-66(6,7)54-43-51(106(89,90)91)26-28-56(54)75(58)35-17-11-15-23-59(78)69-33-38-92-40-41-93-39-34-72-95-37-30-64(2,3)104-103-47-94-36-18-12-16-31-70-63(79)71-32-19-20-48-44-76(61(52(48)45-77)73-62(67)68-8)60-29-24-49(97-60)46-96-102(84,85)99-100(80)98-101(81,82)83/h10,13-14,21-22,25-28,42-44,49,60,72,77,100H,9,11-12,15-18,23-24,29-41,45-47H2,1-8H3,(H10-,67,68,69,70,71,73,78,79,81,82,83,84,85,86,87,88,89,90,91)/p+1/t49-,60?/m0/s1. The summed E-state index contributed by atoms with van der Waals surface area (Å²) in [5.74, 6) is 6.44. The van der Waals surface area contributed by atoms with Gasteiger partial charge in [0.2, 0.25) is 11.6 Å². The Kier molecular flexibility index (Phi) is 35.6. The molecule has 2 aromatic carbocycles. The monoisotopic (exact) mass is 1620 g/mol. The molecule has 6 rings (SSSR count). The summed E-state index contributed by atoms with van der Waals surface area (Å²) in [6.45, 7) is 18.4. The van der Waals surface area contributed by atoms with Crippen LogP contribution in [0.4, 0.5) is 22.0 Å². The van der Waals surface area contributed by atoms with Crippen molar-refractivity contribution in [3.8, 4) is 11.8 Å². The van der Waals surface area contributed by atoms with Crippen LogP contribution in [0, 0.1) is 11.8 Å². The van der Waals surface area contributed by atoms with Crippen LogP contribution in [0.1, 0.15) is 141 Å². The molecular formula is C66H102N10O23P3S4+. The fraction of sp³-hybridized carbons (Fsp3) is 0.576. The number of guanidine groups is 1. The van der Waals surface area contributed by atoms with Crippen molar-refractivity contribution in [2.24, 2.45) is 10.7 Å². The number of carbonyl (C=O) groups is 2. The third-order valence-electron chi connectivity index (χ3n) is 17.0. The van der Waals surface area contributed by atoms with Gasteiger partial charge in [-0.3, -0.25) is 23.0 Å². The Balaban J connectivity index is 0.761. The van der Waals surface area contributed by atoms with E-state index in [0.29, 0.717) is 115 Å². The number of fused-ring (bicyclic) bond motifs is 2. The molecule has 592 valence electrons. The van der Waals surface area contributed by atoms with Gasteiger partial charge in [-0.2, -0.15) is 26.4 Å². The molecule has 0 radical (unpaired) electrons. The first kappa shape index (κ1) is 89.6. The lowest BCUT2D eigenvalue weighted by atomic mass is 9.81. The van der Waals surface area contributed by atoms with Crippen molar-refractivity contribution in [2.45, 2.75) is 157 Å².